The van der Waals surface area contributed by atoms with Crippen LogP contribution in [-0.2, 0) is 12.8 Å². The Labute approximate surface area is 120 Å². The molecule has 2 rings (SSSR count). The van der Waals surface area contributed by atoms with Crippen LogP contribution in [0.25, 0.3) is 0 Å². The summed E-state index contributed by atoms with van der Waals surface area (Å²) in [4.78, 5) is 11.5. The van der Waals surface area contributed by atoms with Gasteiger partial charge in [0.05, 0.1) is 6.54 Å². The van der Waals surface area contributed by atoms with Crippen molar-refractivity contribution in [1.29, 1.82) is 0 Å². The van der Waals surface area contributed by atoms with Crippen molar-refractivity contribution in [3.05, 3.63) is 29.3 Å². The molecule has 1 aliphatic carbocycles. The number of benzene rings is 1. The number of carbonyl (C=O) groups excluding carboxylic acids is 1. The second-order valence-corrected chi connectivity index (χ2v) is 5.34. The van der Waals surface area contributed by atoms with Crippen LogP contribution in [0.1, 0.15) is 37.8 Å². The Kier molecular flexibility index (Phi) is 5.27. The first-order valence-corrected chi connectivity index (χ1v) is 7.48. The van der Waals surface area contributed by atoms with Crippen LogP contribution >= 0.6 is 0 Å². The van der Waals surface area contributed by atoms with Gasteiger partial charge < -0.3 is 15.4 Å². The van der Waals surface area contributed by atoms with Crippen molar-refractivity contribution in [1.82, 2.24) is 10.6 Å². The third-order valence-electron chi connectivity index (χ3n) is 3.72. The van der Waals surface area contributed by atoms with Crippen molar-refractivity contribution in [2.24, 2.45) is 0 Å². The van der Waals surface area contributed by atoms with Gasteiger partial charge >= 0.3 is 6.03 Å². The number of urea groups is 1. The summed E-state index contributed by atoms with van der Waals surface area (Å²) in [6.07, 6.45) is 4.52. The number of nitrogens with one attached hydrogen (secondary N) is 2. The number of carbonyl (C=O) groups is 1. The Bertz CT molecular complexity index is 460. The predicted octanol–water partition coefficient (Wildman–Crippen LogP) is 2.65. The maximum Gasteiger partial charge on any atom is 0.315 e. The Balaban J connectivity index is 1.67. The highest BCUT2D eigenvalue weighted by Crippen LogP contribution is 2.25. The molecule has 0 spiro atoms. The van der Waals surface area contributed by atoms with Crippen molar-refractivity contribution in [2.45, 2.75) is 45.6 Å². The van der Waals surface area contributed by atoms with E-state index in [1.807, 2.05) is 19.9 Å². The Hall–Kier alpha value is -1.71. The lowest BCUT2D eigenvalue weighted by molar-refractivity contribution is 0.233. The van der Waals surface area contributed by atoms with E-state index in [2.05, 4.69) is 22.8 Å². The summed E-state index contributed by atoms with van der Waals surface area (Å²) in [5, 5.41) is 5.65. The lowest BCUT2D eigenvalue weighted by atomic mass is 10.1. The lowest BCUT2D eigenvalue weighted by Gasteiger charge is -2.13. The van der Waals surface area contributed by atoms with E-state index < -0.39 is 0 Å². The van der Waals surface area contributed by atoms with Crippen molar-refractivity contribution in [2.75, 3.05) is 13.2 Å². The lowest BCUT2D eigenvalue weighted by Crippen LogP contribution is -2.41. The Morgan fingerprint density at radius 3 is 2.95 bits per heavy atom. The number of ether oxygens (including phenoxy) is 1. The SMILES string of the molecule is CCC(C)NC(=O)NCCOc1ccc2c(c1)CCC2. The van der Waals surface area contributed by atoms with Crippen LogP contribution in [-0.4, -0.2) is 25.2 Å². The molecule has 0 aliphatic heterocycles. The van der Waals surface area contributed by atoms with E-state index in [9.17, 15) is 4.79 Å². The number of hydrogen-bond acceptors (Lipinski definition) is 2. The third kappa shape index (κ3) is 4.15. The first-order chi connectivity index (χ1) is 9.69. The van der Waals surface area contributed by atoms with Gasteiger partial charge in [0, 0.05) is 6.04 Å². The molecule has 0 radical (unpaired) electrons. The van der Waals surface area contributed by atoms with Crippen LogP contribution in [0.15, 0.2) is 18.2 Å². The summed E-state index contributed by atoms with van der Waals surface area (Å²) in [6, 6.07) is 6.37. The third-order valence-corrected chi connectivity index (χ3v) is 3.72. The summed E-state index contributed by atoms with van der Waals surface area (Å²) in [5.41, 5.74) is 2.85. The first kappa shape index (κ1) is 14.7. The van der Waals surface area contributed by atoms with Crippen molar-refractivity contribution in [3.63, 3.8) is 0 Å². The van der Waals surface area contributed by atoms with Gasteiger partial charge in [0.25, 0.3) is 0 Å². The van der Waals surface area contributed by atoms with Crippen molar-refractivity contribution < 1.29 is 9.53 Å². The van der Waals surface area contributed by atoms with Crippen LogP contribution in [0.4, 0.5) is 4.79 Å². The van der Waals surface area contributed by atoms with E-state index in [1.54, 1.807) is 0 Å². The fourth-order valence-corrected chi connectivity index (χ4v) is 2.35. The average Bonchev–Trinajstić information content (AvgIpc) is 2.91. The standard InChI is InChI=1S/C16H24N2O2/c1-3-12(2)18-16(19)17-9-10-20-15-8-7-13-5-4-6-14(13)11-15/h7-8,11-12H,3-6,9-10H2,1-2H3,(H2,17,18,19). The van der Waals surface area contributed by atoms with Gasteiger partial charge in [-0.25, -0.2) is 4.79 Å². The van der Waals surface area contributed by atoms with Gasteiger partial charge in [0.2, 0.25) is 0 Å². The number of fused-ring (bicyclic) bond motifs is 1. The number of aryl methyl sites for hydroxylation is 2. The summed E-state index contributed by atoms with van der Waals surface area (Å²) < 4.78 is 5.67. The van der Waals surface area contributed by atoms with Crippen LogP contribution in [0.5, 0.6) is 5.75 Å². The second kappa shape index (κ2) is 7.17. The minimum Gasteiger partial charge on any atom is -0.492 e. The van der Waals surface area contributed by atoms with E-state index >= 15 is 0 Å². The number of rotatable bonds is 6. The molecule has 0 saturated carbocycles. The van der Waals surface area contributed by atoms with Crippen LogP contribution in [0, 0.1) is 0 Å². The van der Waals surface area contributed by atoms with Crippen molar-refractivity contribution >= 4 is 6.03 Å². The number of amides is 2. The predicted molar refractivity (Wildman–Crippen MR) is 80.2 cm³/mol. The van der Waals surface area contributed by atoms with Crippen molar-refractivity contribution in [3.8, 4) is 5.75 Å². The highest BCUT2D eigenvalue weighted by Gasteiger charge is 2.11. The van der Waals surface area contributed by atoms with Crippen LogP contribution in [0.3, 0.4) is 0 Å². The van der Waals surface area contributed by atoms with E-state index in [4.69, 9.17) is 4.74 Å². The monoisotopic (exact) mass is 276 g/mol. The first-order valence-electron chi connectivity index (χ1n) is 7.48. The van der Waals surface area contributed by atoms with Gasteiger partial charge in [0.15, 0.2) is 0 Å². The molecule has 110 valence electrons. The molecule has 4 heteroatoms. The molecule has 0 fully saturated rings. The van der Waals surface area contributed by atoms with E-state index in [0.717, 1.165) is 18.6 Å². The average molecular weight is 276 g/mol. The molecule has 1 atom stereocenters. The quantitative estimate of drug-likeness (QED) is 0.785. The molecular weight excluding hydrogens is 252 g/mol. The van der Waals surface area contributed by atoms with E-state index in [1.165, 1.54) is 24.0 Å². The summed E-state index contributed by atoms with van der Waals surface area (Å²) in [6.45, 7) is 5.04. The molecule has 1 aliphatic rings. The maximum atomic E-state index is 11.5. The van der Waals surface area contributed by atoms with Crippen LogP contribution < -0.4 is 15.4 Å². The summed E-state index contributed by atoms with van der Waals surface area (Å²) in [5.74, 6) is 0.898. The van der Waals surface area contributed by atoms with E-state index in [-0.39, 0.29) is 12.1 Å². The van der Waals surface area contributed by atoms with Crippen LogP contribution in [0.2, 0.25) is 0 Å². The molecule has 2 N–H and O–H groups in total. The molecule has 0 aromatic heterocycles. The maximum absolute atomic E-state index is 11.5. The zero-order valence-corrected chi connectivity index (χ0v) is 12.4. The molecule has 1 unspecified atom stereocenters. The smallest absolute Gasteiger partial charge is 0.315 e. The molecule has 2 amide bonds. The van der Waals surface area contributed by atoms with Gasteiger partial charge in [-0.1, -0.05) is 13.0 Å². The summed E-state index contributed by atoms with van der Waals surface area (Å²) in [7, 11) is 0. The summed E-state index contributed by atoms with van der Waals surface area (Å²) >= 11 is 0. The van der Waals surface area contributed by atoms with Gasteiger partial charge in [-0.15, -0.1) is 0 Å². The minimum absolute atomic E-state index is 0.128. The molecule has 20 heavy (non-hydrogen) atoms. The highest BCUT2D eigenvalue weighted by atomic mass is 16.5. The molecule has 4 nitrogen and oxygen atoms in total. The zero-order chi connectivity index (χ0) is 14.4. The van der Waals surface area contributed by atoms with Gasteiger partial charge in [-0.05, 0) is 55.9 Å². The molecule has 0 bridgehead atoms. The zero-order valence-electron chi connectivity index (χ0n) is 12.4. The number of hydrogen-bond donors (Lipinski definition) is 2. The van der Waals surface area contributed by atoms with Gasteiger partial charge in [-0.3, -0.25) is 0 Å². The van der Waals surface area contributed by atoms with Gasteiger partial charge in [-0.2, -0.15) is 0 Å². The van der Waals surface area contributed by atoms with Gasteiger partial charge in [0.1, 0.15) is 12.4 Å². The molecule has 1 aromatic rings. The minimum atomic E-state index is -0.128. The molecule has 0 saturated heterocycles. The highest BCUT2D eigenvalue weighted by molar-refractivity contribution is 5.74. The normalized spacial score (nSPS) is 14.5. The topological polar surface area (TPSA) is 50.4 Å². The second-order valence-electron chi connectivity index (χ2n) is 5.34. The Morgan fingerprint density at radius 2 is 2.15 bits per heavy atom. The molecule has 0 heterocycles. The van der Waals surface area contributed by atoms with E-state index in [0.29, 0.717) is 13.2 Å². The fraction of sp³-hybridized carbons (Fsp3) is 0.562. The Morgan fingerprint density at radius 1 is 1.35 bits per heavy atom. The molecular formula is C16H24N2O2. The fourth-order valence-electron chi connectivity index (χ4n) is 2.35. The molecule has 1 aromatic carbocycles. The largest absolute Gasteiger partial charge is 0.492 e.